The van der Waals surface area contributed by atoms with Gasteiger partial charge in [0.15, 0.2) is 0 Å². The van der Waals surface area contributed by atoms with Crippen LogP contribution in [0, 0.1) is 0 Å². The van der Waals surface area contributed by atoms with Gasteiger partial charge in [0.2, 0.25) is 5.91 Å². The van der Waals surface area contributed by atoms with Gasteiger partial charge in [-0.15, -0.1) is 0 Å². The Labute approximate surface area is 109 Å². The van der Waals surface area contributed by atoms with Crippen molar-refractivity contribution in [2.24, 2.45) is 0 Å². The van der Waals surface area contributed by atoms with Crippen molar-refractivity contribution in [2.75, 3.05) is 0 Å². The molecule has 0 spiro atoms. The van der Waals surface area contributed by atoms with Gasteiger partial charge in [-0.1, -0.05) is 0 Å². The summed E-state index contributed by atoms with van der Waals surface area (Å²) in [5, 5.41) is 6.14. The van der Waals surface area contributed by atoms with Crippen LogP contribution in [-0.4, -0.2) is 27.0 Å². The molecule has 1 rings (SSSR count). The highest BCUT2D eigenvalue weighted by Crippen LogP contribution is 2.01. The molecule has 1 heterocycles. The Bertz CT molecular complexity index is 392. The van der Waals surface area contributed by atoms with E-state index in [2.05, 4.69) is 27.1 Å². The van der Waals surface area contributed by atoms with Crippen LogP contribution < -0.4 is 10.6 Å². The van der Waals surface area contributed by atoms with Crippen molar-refractivity contribution in [3.05, 3.63) is 18.2 Å². The molecule has 1 amide bonds. The third-order valence-corrected chi connectivity index (χ3v) is 2.60. The molecule has 0 fully saturated rings. The van der Waals surface area contributed by atoms with Crippen molar-refractivity contribution < 1.29 is 4.79 Å². The Morgan fingerprint density at radius 1 is 1.50 bits per heavy atom. The number of aromatic nitrogens is 2. The van der Waals surface area contributed by atoms with Crippen LogP contribution >= 0.6 is 0 Å². The largest absolute Gasteiger partial charge is 0.350 e. The number of hydrogen-bond acceptors (Lipinski definition) is 3. The molecular formula is C13H24N4O. The predicted octanol–water partition coefficient (Wildman–Crippen LogP) is 1.30. The summed E-state index contributed by atoms with van der Waals surface area (Å²) < 4.78 is 2.06. The fraction of sp³-hybridized carbons (Fsp3) is 0.692. The number of aryl methyl sites for hydroxylation is 1. The first-order valence-electron chi connectivity index (χ1n) is 6.39. The highest BCUT2D eigenvalue weighted by molar-refractivity contribution is 5.81. The van der Waals surface area contributed by atoms with Gasteiger partial charge in [-0.25, -0.2) is 4.98 Å². The zero-order valence-electron chi connectivity index (χ0n) is 11.9. The summed E-state index contributed by atoms with van der Waals surface area (Å²) >= 11 is 0. The summed E-state index contributed by atoms with van der Waals surface area (Å²) in [4.78, 5) is 16.1. The lowest BCUT2D eigenvalue weighted by Crippen LogP contribution is -2.49. The van der Waals surface area contributed by atoms with Gasteiger partial charge in [-0.3, -0.25) is 10.1 Å². The molecule has 5 nitrogen and oxygen atoms in total. The fourth-order valence-corrected chi connectivity index (χ4v) is 1.61. The summed E-state index contributed by atoms with van der Waals surface area (Å²) in [6.45, 7) is 11.3. The number of hydrogen-bond donors (Lipinski definition) is 2. The normalized spacial score (nSPS) is 13.4. The Balaban J connectivity index is 2.46. The minimum Gasteiger partial charge on any atom is -0.350 e. The fourth-order valence-electron chi connectivity index (χ4n) is 1.61. The molecule has 1 unspecified atom stereocenters. The molecule has 18 heavy (non-hydrogen) atoms. The lowest BCUT2D eigenvalue weighted by Gasteiger charge is -2.23. The summed E-state index contributed by atoms with van der Waals surface area (Å²) in [6, 6.07) is -0.230. The van der Waals surface area contributed by atoms with E-state index >= 15 is 0 Å². The van der Waals surface area contributed by atoms with E-state index in [9.17, 15) is 4.79 Å². The quantitative estimate of drug-likeness (QED) is 0.830. The lowest BCUT2D eigenvalue weighted by atomic mass is 10.1. The number of imidazole rings is 1. The van der Waals surface area contributed by atoms with Crippen molar-refractivity contribution in [2.45, 2.75) is 59.3 Å². The number of carbonyl (C=O) groups is 1. The van der Waals surface area contributed by atoms with Crippen LogP contribution in [-0.2, 0) is 17.9 Å². The zero-order chi connectivity index (χ0) is 13.8. The Morgan fingerprint density at radius 2 is 2.17 bits per heavy atom. The van der Waals surface area contributed by atoms with Crippen LogP contribution in [0.5, 0.6) is 0 Å². The van der Waals surface area contributed by atoms with E-state index in [1.165, 1.54) is 0 Å². The average Bonchev–Trinajstić information content (AvgIpc) is 2.70. The van der Waals surface area contributed by atoms with Crippen LogP contribution in [0.4, 0.5) is 0 Å². The van der Waals surface area contributed by atoms with Gasteiger partial charge < -0.3 is 9.88 Å². The first-order chi connectivity index (χ1) is 8.33. The van der Waals surface area contributed by atoms with Crippen LogP contribution in [0.15, 0.2) is 12.4 Å². The van der Waals surface area contributed by atoms with E-state index in [1.54, 1.807) is 6.20 Å². The Morgan fingerprint density at radius 3 is 2.72 bits per heavy atom. The molecule has 0 saturated carbocycles. The number of nitrogens with one attached hydrogen (secondary N) is 2. The van der Waals surface area contributed by atoms with Gasteiger partial charge >= 0.3 is 0 Å². The van der Waals surface area contributed by atoms with Crippen molar-refractivity contribution in [3.8, 4) is 0 Å². The Hall–Kier alpha value is -1.36. The molecule has 0 aliphatic heterocycles. The van der Waals surface area contributed by atoms with Gasteiger partial charge in [0, 0.05) is 24.5 Å². The highest BCUT2D eigenvalue weighted by atomic mass is 16.2. The molecule has 2 N–H and O–H groups in total. The second-order valence-electron chi connectivity index (χ2n) is 5.47. The van der Waals surface area contributed by atoms with E-state index in [0.717, 1.165) is 12.4 Å². The van der Waals surface area contributed by atoms with Crippen molar-refractivity contribution in [1.29, 1.82) is 0 Å². The van der Waals surface area contributed by atoms with Crippen molar-refractivity contribution in [1.82, 2.24) is 20.2 Å². The van der Waals surface area contributed by atoms with E-state index in [-0.39, 0.29) is 17.5 Å². The summed E-state index contributed by atoms with van der Waals surface area (Å²) in [7, 11) is 0. The second-order valence-corrected chi connectivity index (χ2v) is 5.47. The monoisotopic (exact) mass is 252 g/mol. The van der Waals surface area contributed by atoms with Gasteiger partial charge in [0.05, 0.1) is 12.6 Å². The summed E-state index contributed by atoms with van der Waals surface area (Å²) in [5.41, 5.74) is -0.199. The molecule has 0 aromatic carbocycles. The molecule has 1 aromatic heterocycles. The van der Waals surface area contributed by atoms with Crippen LogP contribution in [0.2, 0.25) is 0 Å². The topological polar surface area (TPSA) is 59.0 Å². The van der Waals surface area contributed by atoms with E-state index in [4.69, 9.17) is 0 Å². The predicted molar refractivity (Wildman–Crippen MR) is 72.1 cm³/mol. The number of carbonyl (C=O) groups excluding carboxylic acids is 1. The molecule has 0 aliphatic carbocycles. The van der Waals surface area contributed by atoms with Crippen molar-refractivity contribution in [3.63, 3.8) is 0 Å². The molecular weight excluding hydrogens is 228 g/mol. The molecule has 5 heteroatoms. The molecule has 0 aliphatic rings. The SMILES string of the molecule is CCn1ccnc1CNC(C)C(=O)NC(C)(C)C. The minimum absolute atomic E-state index is 0.0112. The Kier molecular flexibility index (Phi) is 4.90. The molecule has 102 valence electrons. The third-order valence-electron chi connectivity index (χ3n) is 2.60. The number of amides is 1. The molecule has 0 saturated heterocycles. The maximum Gasteiger partial charge on any atom is 0.237 e. The first kappa shape index (κ1) is 14.7. The standard InChI is InChI=1S/C13H24N4O/c1-6-17-8-7-14-11(17)9-15-10(2)12(18)16-13(3,4)5/h7-8,10,15H,6,9H2,1-5H3,(H,16,18). The molecule has 0 bridgehead atoms. The van der Waals surface area contributed by atoms with E-state index in [0.29, 0.717) is 6.54 Å². The van der Waals surface area contributed by atoms with Gasteiger partial charge in [-0.05, 0) is 34.6 Å². The van der Waals surface area contributed by atoms with Crippen molar-refractivity contribution >= 4 is 5.91 Å². The second kappa shape index (κ2) is 6.00. The van der Waals surface area contributed by atoms with Crippen LogP contribution in [0.3, 0.4) is 0 Å². The van der Waals surface area contributed by atoms with Gasteiger partial charge in [0.1, 0.15) is 5.82 Å². The maximum absolute atomic E-state index is 11.9. The summed E-state index contributed by atoms with van der Waals surface area (Å²) in [6.07, 6.45) is 3.72. The number of rotatable bonds is 5. The zero-order valence-corrected chi connectivity index (χ0v) is 11.9. The first-order valence-corrected chi connectivity index (χ1v) is 6.39. The average molecular weight is 252 g/mol. The molecule has 1 atom stereocenters. The minimum atomic E-state index is -0.230. The third kappa shape index (κ3) is 4.49. The van der Waals surface area contributed by atoms with Gasteiger partial charge in [-0.2, -0.15) is 0 Å². The van der Waals surface area contributed by atoms with Crippen LogP contribution in [0.1, 0.15) is 40.4 Å². The van der Waals surface area contributed by atoms with E-state index < -0.39 is 0 Å². The highest BCUT2D eigenvalue weighted by Gasteiger charge is 2.19. The van der Waals surface area contributed by atoms with Gasteiger partial charge in [0.25, 0.3) is 0 Å². The number of nitrogens with zero attached hydrogens (tertiary/aromatic N) is 2. The van der Waals surface area contributed by atoms with Crippen LogP contribution in [0.25, 0.3) is 0 Å². The lowest BCUT2D eigenvalue weighted by molar-refractivity contribution is -0.124. The smallest absolute Gasteiger partial charge is 0.237 e. The summed E-state index contributed by atoms with van der Waals surface area (Å²) in [5.74, 6) is 0.963. The van der Waals surface area contributed by atoms with E-state index in [1.807, 2.05) is 33.9 Å². The maximum atomic E-state index is 11.9. The molecule has 1 aromatic rings. The molecule has 0 radical (unpaired) electrons.